The van der Waals surface area contributed by atoms with Crippen molar-refractivity contribution in [1.29, 1.82) is 0 Å². The summed E-state index contributed by atoms with van der Waals surface area (Å²) in [5.41, 5.74) is 0. The van der Waals surface area contributed by atoms with Crippen molar-refractivity contribution in [3.63, 3.8) is 0 Å². The van der Waals surface area contributed by atoms with Crippen LogP contribution in [0.1, 0.15) is 13.8 Å². The van der Waals surface area contributed by atoms with E-state index in [9.17, 15) is 4.79 Å². The Morgan fingerprint density at radius 1 is 1.00 bits per heavy atom. The Kier molecular flexibility index (Phi) is 4.50. The van der Waals surface area contributed by atoms with E-state index in [0.29, 0.717) is 0 Å². The molecular formula is C13H13BrO. The standard InChI is InChI=1S/C10H7Br.C3H6O/c11-10-7-3-5-8-4-1-2-6-9(8)10;1-3(2)4/h1-7H;1-2H3. The van der Waals surface area contributed by atoms with Gasteiger partial charge in [0.2, 0.25) is 0 Å². The molecule has 0 saturated heterocycles. The van der Waals surface area contributed by atoms with Crippen molar-refractivity contribution in [2.75, 3.05) is 0 Å². The highest BCUT2D eigenvalue weighted by Crippen LogP contribution is 2.22. The smallest absolute Gasteiger partial charge is 0.126 e. The minimum absolute atomic E-state index is 0.167. The van der Waals surface area contributed by atoms with Crippen molar-refractivity contribution in [2.45, 2.75) is 13.8 Å². The van der Waals surface area contributed by atoms with Gasteiger partial charge in [0.1, 0.15) is 5.78 Å². The average Bonchev–Trinajstić information content (AvgIpc) is 2.18. The van der Waals surface area contributed by atoms with E-state index in [2.05, 4.69) is 46.3 Å². The number of carbonyl (C=O) groups is 1. The highest BCUT2D eigenvalue weighted by atomic mass is 79.9. The summed E-state index contributed by atoms with van der Waals surface area (Å²) in [6.07, 6.45) is 0. The Balaban J connectivity index is 0.000000245. The second-order valence-electron chi connectivity index (χ2n) is 3.37. The van der Waals surface area contributed by atoms with Gasteiger partial charge in [-0.2, -0.15) is 0 Å². The maximum absolute atomic E-state index is 9.44. The number of hydrogen-bond acceptors (Lipinski definition) is 1. The zero-order valence-corrected chi connectivity index (χ0v) is 10.4. The number of hydrogen-bond donors (Lipinski definition) is 0. The van der Waals surface area contributed by atoms with E-state index in [1.165, 1.54) is 24.6 Å². The quantitative estimate of drug-likeness (QED) is 0.697. The Hall–Kier alpha value is -1.15. The first-order chi connectivity index (χ1) is 7.11. The molecule has 0 aliphatic heterocycles. The van der Waals surface area contributed by atoms with Gasteiger partial charge < -0.3 is 4.79 Å². The average molecular weight is 265 g/mol. The summed E-state index contributed by atoms with van der Waals surface area (Å²) >= 11 is 3.50. The van der Waals surface area contributed by atoms with Crippen LogP contribution in [-0.2, 0) is 4.79 Å². The van der Waals surface area contributed by atoms with Crippen LogP contribution in [0.25, 0.3) is 10.8 Å². The maximum Gasteiger partial charge on any atom is 0.126 e. The van der Waals surface area contributed by atoms with E-state index >= 15 is 0 Å². The molecular weight excluding hydrogens is 252 g/mol. The van der Waals surface area contributed by atoms with E-state index in [4.69, 9.17) is 0 Å². The lowest BCUT2D eigenvalue weighted by molar-refractivity contribution is -0.114. The minimum atomic E-state index is 0.167. The molecule has 78 valence electrons. The van der Waals surface area contributed by atoms with Gasteiger partial charge in [0.25, 0.3) is 0 Å². The molecule has 0 saturated carbocycles. The summed E-state index contributed by atoms with van der Waals surface area (Å²) in [7, 11) is 0. The number of fused-ring (bicyclic) bond motifs is 1. The van der Waals surface area contributed by atoms with Crippen LogP contribution >= 0.6 is 15.9 Å². The summed E-state index contributed by atoms with van der Waals surface area (Å²) in [6, 6.07) is 14.5. The molecule has 0 spiro atoms. The van der Waals surface area contributed by atoms with Crippen molar-refractivity contribution in [3.05, 3.63) is 46.9 Å². The third-order valence-electron chi connectivity index (χ3n) is 1.74. The molecule has 0 heterocycles. The zero-order chi connectivity index (χ0) is 11.3. The lowest BCUT2D eigenvalue weighted by Gasteiger charge is -1.97. The molecule has 0 amide bonds. The molecule has 2 aromatic carbocycles. The first-order valence-electron chi connectivity index (χ1n) is 4.71. The predicted molar refractivity (Wildman–Crippen MR) is 68.0 cm³/mol. The number of ketones is 1. The topological polar surface area (TPSA) is 17.1 Å². The summed E-state index contributed by atoms with van der Waals surface area (Å²) in [5.74, 6) is 0.167. The van der Waals surface area contributed by atoms with Crippen LogP contribution in [0.15, 0.2) is 46.9 Å². The first-order valence-corrected chi connectivity index (χ1v) is 5.51. The Bertz CT molecular complexity index is 454. The van der Waals surface area contributed by atoms with Crippen molar-refractivity contribution in [1.82, 2.24) is 0 Å². The Morgan fingerprint density at radius 2 is 1.53 bits per heavy atom. The van der Waals surface area contributed by atoms with Crippen molar-refractivity contribution < 1.29 is 4.79 Å². The second kappa shape index (κ2) is 5.66. The zero-order valence-electron chi connectivity index (χ0n) is 8.83. The van der Waals surface area contributed by atoms with E-state index in [0.717, 1.165) is 4.47 Å². The number of halogens is 1. The van der Waals surface area contributed by atoms with Crippen LogP contribution in [0, 0.1) is 0 Å². The van der Waals surface area contributed by atoms with E-state index in [1.807, 2.05) is 12.1 Å². The normalized spacial score (nSPS) is 9.27. The molecule has 0 aliphatic rings. The summed E-state index contributed by atoms with van der Waals surface area (Å²) in [5, 5.41) is 2.55. The van der Waals surface area contributed by atoms with Gasteiger partial charge in [-0.3, -0.25) is 0 Å². The van der Waals surface area contributed by atoms with Crippen LogP contribution in [0.3, 0.4) is 0 Å². The molecule has 1 nitrogen and oxygen atoms in total. The van der Waals surface area contributed by atoms with Gasteiger partial charge in [0, 0.05) is 4.47 Å². The molecule has 2 heteroatoms. The molecule has 0 aliphatic carbocycles. The Labute approximate surface area is 98.2 Å². The van der Waals surface area contributed by atoms with Crippen LogP contribution in [0.4, 0.5) is 0 Å². The van der Waals surface area contributed by atoms with Crippen LogP contribution in [0.5, 0.6) is 0 Å². The number of Topliss-reactive ketones (excluding diaryl/α,β-unsaturated/α-hetero) is 1. The van der Waals surface area contributed by atoms with Gasteiger partial charge in [-0.1, -0.05) is 52.3 Å². The molecule has 2 rings (SSSR count). The molecule has 2 aromatic rings. The summed E-state index contributed by atoms with van der Waals surface area (Å²) in [6.45, 7) is 3.06. The molecule has 0 bridgehead atoms. The predicted octanol–water partition coefficient (Wildman–Crippen LogP) is 4.20. The lowest BCUT2D eigenvalue weighted by Crippen LogP contribution is -1.71. The third-order valence-corrected chi connectivity index (χ3v) is 2.43. The van der Waals surface area contributed by atoms with Gasteiger partial charge in [-0.15, -0.1) is 0 Å². The molecule has 0 radical (unpaired) electrons. The number of rotatable bonds is 0. The van der Waals surface area contributed by atoms with Crippen LogP contribution < -0.4 is 0 Å². The fraction of sp³-hybridized carbons (Fsp3) is 0.154. The van der Waals surface area contributed by atoms with Gasteiger partial charge in [-0.25, -0.2) is 0 Å². The first kappa shape index (κ1) is 11.9. The van der Waals surface area contributed by atoms with Crippen LogP contribution in [-0.4, -0.2) is 5.78 Å². The van der Waals surface area contributed by atoms with Crippen molar-refractivity contribution in [3.8, 4) is 0 Å². The second-order valence-corrected chi connectivity index (χ2v) is 4.22. The lowest BCUT2D eigenvalue weighted by atomic mass is 10.1. The van der Waals surface area contributed by atoms with E-state index in [-0.39, 0.29) is 5.78 Å². The van der Waals surface area contributed by atoms with Crippen LogP contribution in [0.2, 0.25) is 0 Å². The highest BCUT2D eigenvalue weighted by Gasteiger charge is 1.93. The van der Waals surface area contributed by atoms with Crippen molar-refractivity contribution >= 4 is 32.5 Å². The molecule has 0 N–H and O–H groups in total. The molecule has 0 fully saturated rings. The van der Waals surface area contributed by atoms with Crippen molar-refractivity contribution in [2.24, 2.45) is 0 Å². The molecule has 15 heavy (non-hydrogen) atoms. The largest absolute Gasteiger partial charge is 0.300 e. The van der Waals surface area contributed by atoms with Gasteiger partial charge in [-0.05, 0) is 30.7 Å². The molecule has 0 aromatic heterocycles. The molecule has 0 unspecified atom stereocenters. The van der Waals surface area contributed by atoms with Gasteiger partial charge in [0.05, 0.1) is 0 Å². The highest BCUT2D eigenvalue weighted by molar-refractivity contribution is 9.10. The fourth-order valence-electron chi connectivity index (χ4n) is 1.19. The minimum Gasteiger partial charge on any atom is -0.300 e. The maximum atomic E-state index is 9.44. The van der Waals surface area contributed by atoms with Gasteiger partial charge >= 0.3 is 0 Å². The SMILES string of the molecule is Brc1cccc2ccccc12.CC(C)=O. The summed E-state index contributed by atoms with van der Waals surface area (Å²) in [4.78, 5) is 9.44. The van der Waals surface area contributed by atoms with E-state index in [1.54, 1.807) is 0 Å². The monoisotopic (exact) mass is 264 g/mol. The van der Waals surface area contributed by atoms with E-state index < -0.39 is 0 Å². The third kappa shape index (κ3) is 3.84. The molecule has 0 atom stereocenters. The summed E-state index contributed by atoms with van der Waals surface area (Å²) < 4.78 is 1.16. The number of carbonyl (C=O) groups excluding carboxylic acids is 1. The van der Waals surface area contributed by atoms with Gasteiger partial charge in [0.15, 0.2) is 0 Å². The fourth-order valence-corrected chi connectivity index (χ4v) is 1.70. The Morgan fingerprint density at radius 3 is 2.13 bits per heavy atom. The number of benzene rings is 2.